The highest BCUT2D eigenvalue weighted by atomic mass is 35.5. The van der Waals surface area contributed by atoms with Crippen LogP contribution in [0.3, 0.4) is 0 Å². The number of ether oxygens (including phenoxy) is 2. The second-order valence-electron chi connectivity index (χ2n) is 13.7. The van der Waals surface area contributed by atoms with Crippen molar-refractivity contribution in [3.05, 3.63) is 127 Å². The zero-order chi connectivity index (χ0) is 37.9. The minimum absolute atomic E-state index is 0.0700. The zero-order valence-corrected chi connectivity index (χ0v) is 33.9. The van der Waals surface area contributed by atoms with Gasteiger partial charge >= 0.3 is 0 Å². The van der Waals surface area contributed by atoms with Crippen molar-refractivity contribution >= 4 is 46.7 Å². The number of methoxy groups -OCH3 is 2. The molecular weight excluding hydrogens is 699 g/mol. The maximum Gasteiger partial charge on any atom is 0.124 e. The lowest BCUT2D eigenvalue weighted by atomic mass is 9.76. The predicted octanol–water partition coefficient (Wildman–Crippen LogP) is 9.74. The monoisotopic (exact) mass is 752 g/mol. The van der Waals surface area contributed by atoms with Crippen LogP contribution in [0.5, 0.6) is 11.5 Å². The predicted molar refractivity (Wildman–Crippen MR) is 217 cm³/mol. The zero-order valence-electron chi connectivity index (χ0n) is 31.6. The third-order valence-electron chi connectivity index (χ3n) is 9.14. The molecule has 4 unspecified atom stereocenters. The minimum Gasteiger partial charge on any atom is -0.497 e. The molecule has 0 aliphatic heterocycles. The number of thiophene rings is 1. The van der Waals surface area contributed by atoms with Crippen LogP contribution in [-0.2, 0) is 11.2 Å². The van der Waals surface area contributed by atoms with E-state index >= 15 is 0 Å². The van der Waals surface area contributed by atoms with E-state index in [1.54, 1.807) is 37.7 Å². The van der Waals surface area contributed by atoms with Gasteiger partial charge in [0, 0.05) is 45.4 Å². The molecule has 6 nitrogen and oxygen atoms in total. The van der Waals surface area contributed by atoms with E-state index < -0.39 is 11.2 Å². The molecule has 0 aliphatic rings. The molecule has 0 aliphatic carbocycles. The Labute approximate surface area is 319 Å². The summed E-state index contributed by atoms with van der Waals surface area (Å²) in [5.41, 5.74) is 2.25. The summed E-state index contributed by atoms with van der Waals surface area (Å²) >= 11 is 14.1. The molecule has 0 fully saturated rings. The molecule has 0 amide bonds. The van der Waals surface area contributed by atoms with Crippen LogP contribution in [0.1, 0.15) is 49.3 Å². The molecule has 4 atom stereocenters. The molecule has 9 heteroatoms. The van der Waals surface area contributed by atoms with Crippen molar-refractivity contribution in [2.24, 2.45) is 11.8 Å². The van der Waals surface area contributed by atoms with Gasteiger partial charge in [0.05, 0.1) is 14.2 Å². The number of rotatable bonds is 14. The van der Waals surface area contributed by atoms with Gasteiger partial charge in [0.15, 0.2) is 0 Å². The van der Waals surface area contributed by atoms with Gasteiger partial charge in [0.2, 0.25) is 0 Å². The lowest BCUT2D eigenvalue weighted by Gasteiger charge is -2.38. The molecule has 0 bridgehead atoms. The summed E-state index contributed by atoms with van der Waals surface area (Å²) in [6.45, 7) is 9.57. The Balaban J connectivity index is 0.000000277. The first-order valence-corrected chi connectivity index (χ1v) is 18.6. The van der Waals surface area contributed by atoms with Crippen molar-refractivity contribution in [3.8, 4) is 11.5 Å². The van der Waals surface area contributed by atoms with Crippen LogP contribution in [-0.4, -0.2) is 75.5 Å². The first kappa shape index (κ1) is 42.3. The molecular formula is C42H54Cl2N2O4S. The smallest absolute Gasteiger partial charge is 0.124 e. The lowest BCUT2D eigenvalue weighted by molar-refractivity contribution is 0.0106. The molecule has 4 rings (SSSR count). The third kappa shape index (κ3) is 10.9. The van der Waals surface area contributed by atoms with Crippen molar-refractivity contribution in [3.63, 3.8) is 0 Å². The number of benzene rings is 3. The summed E-state index contributed by atoms with van der Waals surface area (Å²) in [6, 6.07) is 24.9. The Morgan fingerprint density at radius 1 is 0.725 bits per heavy atom. The standard InChI is InChI=1S/C22H27Cl2NO2.C20H27NO2S/c1-15(12-17-6-9-19(27-5)10-7-17)22(26,16(2)14-25(3)4)20-11-8-18(23)13-21(20)24;1-15(13-17-8-10-18(23-5)11-9-17)20(22,16(2)14-21(3)4)19-7-6-12-24-19/h6-13,16,26H,14H2,1-5H3;6-13,16,22H,14H2,1-5H3. The molecule has 2 N–H and O–H groups in total. The van der Waals surface area contributed by atoms with E-state index in [-0.39, 0.29) is 11.8 Å². The molecule has 276 valence electrons. The number of aliphatic hydroxyl groups is 2. The average molecular weight is 754 g/mol. The van der Waals surface area contributed by atoms with Crippen molar-refractivity contribution in [1.82, 2.24) is 9.80 Å². The summed E-state index contributed by atoms with van der Waals surface area (Å²) in [4.78, 5) is 5.16. The van der Waals surface area contributed by atoms with Gasteiger partial charge in [-0.3, -0.25) is 0 Å². The largest absolute Gasteiger partial charge is 0.497 e. The Hall–Kier alpha value is -3.14. The molecule has 3 aromatic carbocycles. The van der Waals surface area contributed by atoms with Gasteiger partial charge in [0.1, 0.15) is 22.7 Å². The maximum atomic E-state index is 11.9. The van der Waals surface area contributed by atoms with Crippen LogP contribution >= 0.6 is 34.5 Å². The van der Waals surface area contributed by atoms with Crippen molar-refractivity contribution in [2.75, 3.05) is 55.5 Å². The van der Waals surface area contributed by atoms with E-state index in [0.29, 0.717) is 22.2 Å². The van der Waals surface area contributed by atoms with E-state index in [4.69, 9.17) is 32.7 Å². The van der Waals surface area contributed by atoms with Gasteiger partial charge in [-0.1, -0.05) is 85.6 Å². The van der Waals surface area contributed by atoms with E-state index in [1.807, 2.05) is 127 Å². The van der Waals surface area contributed by atoms with E-state index in [2.05, 4.69) is 22.8 Å². The second-order valence-corrected chi connectivity index (χ2v) is 15.5. The number of hydrogen-bond acceptors (Lipinski definition) is 7. The highest BCUT2D eigenvalue weighted by Crippen LogP contribution is 2.43. The van der Waals surface area contributed by atoms with Gasteiger partial charge in [-0.25, -0.2) is 0 Å². The highest BCUT2D eigenvalue weighted by Gasteiger charge is 2.40. The highest BCUT2D eigenvalue weighted by molar-refractivity contribution is 7.10. The lowest BCUT2D eigenvalue weighted by Crippen LogP contribution is -2.40. The molecule has 0 saturated carbocycles. The average Bonchev–Trinajstić information content (AvgIpc) is 3.64. The van der Waals surface area contributed by atoms with Crippen molar-refractivity contribution in [1.29, 1.82) is 0 Å². The number of hydrogen-bond donors (Lipinski definition) is 2. The fraction of sp³-hybridized carbons (Fsp3) is 0.381. The molecule has 4 aromatic rings. The first-order chi connectivity index (χ1) is 24.1. The molecule has 1 aromatic heterocycles. The minimum atomic E-state index is -1.23. The Morgan fingerprint density at radius 3 is 1.57 bits per heavy atom. The Kier molecular flexibility index (Phi) is 15.8. The van der Waals surface area contributed by atoms with Gasteiger partial charge in [-0.2, -0.15) is 0 Å². The summed E-state index contributed by atoms with van der Waals surface area (Å²) in [7, 11) is 11.3. The topological polar surface area (TPSA) is 65.4 Å². The van der Waals surface area contributed by atoms with E-state index in [0.717, 1.165) is 45.2 Å². The molecule has 1 heterocycles. The summed E-state index contributed by atoms with van der Waals surface area (Å²) in [5, 5.41) is 26.5. The van der Waals surface area contributed by atoms with Crippen LogP contribution < -0.4 is 9.47 Å². The first-order valence-electron chi connectivity index (χ1n) is 17.0. The van der Waals surface area contributed by atoms with Gasteiger partial charge in [-0.15, -0.1) is 11.3 Å². The van der Waals surface area contributed by atoms with Crippen LogP contribution in [0.2, 0.25) is 10.0 Å². The fourth-order valence-corrected chi connectivity index (χ4v) is 8.02. The second kappa shape index (κ2) is 19.1. The maximum absolute atomic E-state index is 11.9. The van der Waals surface area contributed by atoms with Crippen LogP contribution in [0, 0.1) is 11.8 Å². The van der Waals surface area contributed by atoms with Crippen molar-refractivity contribution < 1.29 is 19.7 Å². The fourth-order valence-electron chi connectivity index (χ4n) is 6.47. The summed E-state index contributed by atoms with van der Waals surface area (Å²) in [6.07, 6.45) is 4.04. The summed E-state index contributed by atoms with van der Waals surface area (Å²) in [5.74, 6) is 1.60. The third-order valence-corrected chi connectivity index (χ3v) is 10.7. The Morgan fingerprint density at radius 2 is 1.18 bits per heavy atom. The quantitative estimate of drug-likeness (QED) is 0.134. The van der Waals surface area contributed by atoms with Gasteiger partial charge < -0.3 is 29.5 Å². The van der Waals surface area contributed by atoms with Gasteiger partial charge in [0.25, 0.3) is 0 Å². The normalized spacial score (nSPS) is 15.8. The molecule has 0 radical (unpaired) electrons. The van der Waals surface area contributed by atoms with E-state index in [9.17, 15) is 10.2 Å². The SMILES string of the molecule is COc1ccc(C=C(C)C(O)(c2ccc(Cl)cc2Cl)C(C)CN(C)C)cc1.COc1ccc(C=C(C)C(O)(c2cccs2)C(C)CN(C)C)cc1. The van der Waals surface area contributed by atoms with Crippen LogP contribution in [0.4, 0.5) is 0 Å². The summed E-state index contributed by atoms with van der Waals surface area (Å²) < 4.78 is 10.4. The van der Waals surface area contributed by atoms with Crippen molar-refractivity contribution in [2.45, 2.75) is 38.9 Å². The Bertz CT molecular complexity index is 1720. The molecule has 0 saturated heterocycles. The number of nitrogens with zero attached hydrogens (tertiary/aromatic N) is 2. The molecule has 51 heavy (non-hydrogen) atoms. The van der Waals surface area contributed by atoms with Gasteiger partial charge in [-0.05, 0) is 112 Å². The van der Waals surface area contributed by atoms with Crippen LogP contribution in [0.15, 0.2) is 95.4 Å². The molecule has 0 spiro atoms. The number of halogens is 2. The van der Waals surface area contributed by atoms with Crippen LogP contribution in [0.25, 0.3) is 12.2 Å². The van der Waals surface area contributed by atoms with E-state index in [1.165, 1.54) is 0 Å².